The molecule has 0 spiro atoms. The van der Waals surface area contributed by atoms with Crippen LogP contribution in [0.5, 0.6) is 0 Å². The van der Waals surface area contributed by atoms with Gasteiger partial charge in [0.15, 0.2) is 5.82 Å². The normalized spacial score (nSPS) is 9.80. The minimum Gasteiger partial charge on any atom is -0.246 e. The molecule has 1 aromatic rings. The summed E-state index contributed by atoms with van der Waals surface area (Å²) in [6.07, 6.45) is 1.55. The molecule has 1 rings (SSSR count). The van der Waals surface area contributed by atoms with Gasteiger partial charge in [-0.15, -0.1) is 0 Å². The summed E-state index contributed by atoms with van der Waals surface area (Å²) >= 11 is 0. The Balaban J connectivity index is 3.01. The Morgan fingerprint density at radius 1 is 1.80 bits per heavy atom. The summed E-state index contributed by atoms with van der Waals surface area (Å²) in [6.45, 7) is 8.59. The summed E-state index contributed by atoms with van der Waals surface area (Å²) in [7, 11) is 0. The third kappa shape index (κ3) is 1.07. The quantitative estimate of drug-likeness (QED) is 0.615. The second-order valence-corrected chi connectivity index (χ2v) is 2.18. The van der Waals surface area contributed by atoms with Crippen molar-refractivity contribution in [1.82, 2.24) is 14.8 Å². The third-order valence-electron chi connectivity index (χ3n) is 1.30. The van der Waals surface area contributed by atoms with E-state index < -0.39 is 0 Å². The molecule has 0 saturated carbocycles. The summed E-state index contributed by atoms with van der Waals surface area (Å²) < 4.78 is 1.82. The fourth-order valence-corrected chi connectivity index (χ4v) is 0.826. The summed E-state index contributed by atoms with van der Waals surface area (Å²) in [5.74, 6) is 0.877. The first-order valence-corrected chi connectivity index (χ1v) is 3.29. The smallest absolute Gasteiger partial charge is 0.153 e. The Morgan fingerprint density at radius 2 is 2.50 bits per heavy atom. The number of allylic oxidation sites excluding steroid dienone is 1. The van der Waals surface area contributed by atoms with Gasteiger partial charge in [0.2, 0.25) is 0 Å². The third-order valence-corrected chi connectivity index (χ3v) is 1.30. The van der Waals surface area contributed by atoms with Gasteiger partial charge in [0.1, 0.15) is 6.33 Å². The highest BCUT2D eigenvalue weighted by atomic mass is 15.3. The van der Waals surface area contributed by atoms with Gasteiger partial charge in [-0.05, 0) is 19.4 Å². The van der Waals surface area contributed by atoms with Crippen molar-refractivity contribution < 1.29 is 0 Å². The molecular formula is C7H11N3. The highest BCUT2D eigenvalue weighted by molar-refractivity contribution is 5.53. The van der Waals surface area contributed by atoms with Crippen molar-refractivity contribution in [2.75, 3.05) is 0 Å². The van der Waals surface area contributed by atoms with Gasteiger partial charge in [-0.2, -0.15) is 5.10 Å². The lowest BCUT2D eigenvalue weighted by atomic mass is 10.3. The topological polar surface area (TPSA) is 30.7 Å². The zero-order chi connectivity index (χ0) is 7.56. The maximum Gasteiger partial charge on any atom is 0.153 e. The molecule has 0 N–H and O–H groups in total. The molecule has 0 unspecified atom stereocenters. The fraction of sp³-hybridized carbons (Fsp3) is 0.429. The largest absolute Gasteiger partial charge is 0.246 e. The average molecular weight is 137 g/mol. The predicted molar refractivity (Wildman–Crippen MR) is 40.4 cm³/mol. The Bertz CT molecular complexity index is 237. The van der Waals surface area contributed by atoms with Gasteiger partial charge >= 0.3 is 0 Å². The van der Waals surface area contributed by atoms with Crippen molar-refractivity contribution in [3.8, 4) is 0 Å². The molecule has 0 atom stereocenters. The molecule has 0 aromatic carbocycles. The van der Waals surface area contributed by atoms with Crippen molar-refractivity contribution in [2.45, 2.75) is 20.4 Å². The summed E-state index contributed by atoms with van der Waals surface area (Å²) in [5.41, 5.74) is 0.958. The molecule has 0 fully saturated rings. The second kappa shape index (κ2) is 2.64. The van der Waals surface area contributed by atoms with Crippen molar-refractivity contribution in [3.63, 3.8) is 0 Å². The van der Waals surface area contributed by atoms with Crippen LogP contribution in [0.2, 0.25) is 0 Å². The van der Waals surface area contributed by atoms with Gasteiger partial charge in [-0.3, -0.25) is 0 Å². The van der Waals surface area contributed by atoms with Gasteiger partial charge in [-0.1, -0.05) is 6.58 Å². The van der Waals surface area contributed by atoms with Crippen molar-refractivity contribution in [1.29, 1.82) is 0 Å². The van der Waals surface area contributed by atoms with Crippen LogP contribution >= 0.6 is 0 Å². The molecule has 0 aliphatic carbocycles. The van der Waals surface area contributed by atoms with Crippen LogP contribution in [0.4, 0.5) is 0 Å². The van der Waals surface area contributed by atoms with Crippen LogP contribution in [0, 0.1) is 0 Å². The first-order chi connectivity index (χ1) is 4.75. The van der Waals surface area contributed by atoms with E-state index in [9.17, 15) is 0 Å². The van der Waals surface area contributed by atoms with Crippen LogP contribution in [0.25, 0.3) is 5.57 Å². The fourth-order valence-electron chi connectivity index (χ4n) is 0.826. The molecule has 0 radical (unpaired) electrons. The number of rotatable bonds is 2. The van der Waals surface area contributed by atoms with E-state index in [4.69, 9.17) is 0 Å². The average Bonchev–Trinajstić information content (AvgIpc) is 2.33. The van der Waals surface area contributed by atoms with E-state index in [1.807, 2.05) is 18.5 Å². The molecule has 3 heteroatoms. The van der Waals surface area contributed by atoms with E-state index in [1.54, 1.807) is 6.33 Å². The maximum absolute atomic E-state index is 4.04. The van der Waals surface area contributed by atoms with Crippen molar-refractivity contribution in [3.05, 3.63) is 18.7 Å². The standard InChI is InChI=1S/C7H11N3/c1-4-10-7(6(2)3)8-5-9-10/h5H,2,4H2,1,3H3. The van der Waals surface area contributed by atoms with E-state index in [0.29, 0.717) is 0 Å². The van der Waals surface area contributed by atoms with Gasteiger partial charge in [-0.25, -0.2) is 9.67 Å². The van der Waals surface area contributed by atoms with Crippen LogP contribution in [0.15, 0.2) is 12.9 Å². The molecule has 1 aromatic heterocycles. The summed E-state index contributed by atoms with van der Waals surface area (Å²) in [5, 5.41) is 4.00. The lowest BCUT2D eigenvalue weighted by Crippen LogP contribution is -2.00. The highest BCUT2D eigenvalue weighted by Crippen LogP contribution is 2.05. The molecule has 3 nitrogen and oxygen atoms in total. The van der Waals surface area contributed by atoms with Crippen LogP contribution in [0.1, 0.15) is 19.7 Å². The van der Waals surface area contributed by atoms with Crippen LogP contribution in [0.3, 0.4) is 0 Å². The Labute approximate surface area is 60.4 Å². The Kier molecular flexibility index (Phi) is 1.85. The molecule has 0 bridgehead atoms. The Hall–Kier alpha value is -1.12. The summed E-state index contributed by atoms with van der Waals surface area (Å²) in [4.78, 5) is 4.04. The molecule has 0 saturated heterocycles. The maximum atomic E-state index is 4.04. The molecule has 1 heterocycles. The lowest BCUT2D eigenvalue weighted by Gasteiger charge is -1.99. The van der Waals surface area contributed by atoms with Crippen LogP contribution < -0.4 is 0 Å². The molecular weight excluding hydrogens is 126 g/mol. The van der Waals surface area contributed by atoms with E-state index in [1.165, 1.54) is 0 Å². The van der Waals surface area contributed by atoms with Crippen LogP contribution in [-0.2, 0) is 6.54 Å². The number of nitrogens with zero attached hydrogens (tertiary/aromatic N) is 3. The van der Waals surface area contributed by atoms with E-state index in [2.05, 4.69) is 16.7 Å². The molecule has 0 aliphatic heterocycles. The number of hydrogen-bond donors (Lipinski definition) is 0. The van der Waals surface area contributed by atoms with Crippen molar-refractivity contribution >= 4 is 5.57 Å². The zero-order valence-corrected chi connectivity index (χ0v) is 6.33. The van der Waals surface area contributed by atoms with E-state index in [0.717, 1.165) is 17.9 Å². The first-order valence-electron chi connectivity index (χ1n) is 3.29. The zero-order valence-electron chi connectivity index (χ0n) is 6.33. The second-order valence-electron chi connectivity index (χ2n) is 2.18. The Morgan fingerprint density at radius 3 is 2.90 bits per heavy atom. The van der Waals surface area contributed by atoms with Gasteiger partial charge in [0.05, 0.1) is 0 Å². The highest BCUT2D eigenvalue weighted by Gasteiger charge is 2.00. The first kappa shape index (κ1) is 6.99. The SMILES string of the molecule is C=C(C)c1ncnn1CC. The van der Waals surface area contributed by atoms with Crippen molar-refractivity contribution in [2.24, 2.45) is 0 Å². The molecule has 54 valence electrons. The van der Waals surface area contributed by atoms with Gasteiger partial charge in [0.25, 0.3) is 0 Å². The minimum atomic E-state index is 0.849. The monoisotopic (exact) mass is 137 g/mol. The number of aromatic nitrogens is 3. The van der Waals surface area contributed by atoms with Gasteiger partial charge in [0, 0.05) is 6.54 Å². The van der Waals surface area contributed by atoms with E-state index >= 15 is 0 Å². The van der Waals surface area contributed by atoms with Gasteiger partial charge < -0.3 is 0 Å². The molecule has 10 heavy (non-hydrogen) atoms. The summed E-state index contributed by atoms with van der Waals surface area (Å²) in [6, 6.07) is 0. The molecule has 0 aliphatic rings. The predicted octanol–water partition coefficient (Wildman–Crippen LogP) is 1.33. The number of aryl methyl sites for hydroxylation is 1. The lowest BCUT2D eigenvalue weighted by molar-refractivity contribution is 0.648. The molecule has 0 amide bonds. The minimum absolute atomic E-state index is 0.849. The van der Waals surface area contributed by atoms with E-state index in [-0.39, 0.29) is 0 Å². The number of hydrogen-bond acceptors (Lipinski definition) is 2. The van der Waals surface area contributed by atoms with Crippen LogP contribution in [-0.4, -0.2) is 14.8 Å².